The molecule has 1 heteroatoms. The minimum absolute atomic E-state index is 0.420. The molecule has 1 aromatic heterocycles. The number of hydrogen-bond donors (Lipinski definition) is 0. The van der Waals surface area contributed by atoms with E-state index in [0.717, 1.165) is 27.5 Å². The van der Waals surface area contributed by atoms with Crippen LogP contribution in [0.25, 0.3) is 77.2 Å². The van der Waals surface area contributed by atoms with Crippen molar-refractivity contribution >= 4 is 32.7 Å². The SMILES string of the molecule is c1ccc(-c2ccc3c(c2)C2(c4ccccc4-c4ccccc42)c2c-3ccc3cc(-c4ccc5c(c4)oc4ccccc45)ccc23)cc1. The molecule has 0 atom stereocenters. The molecule has 11 rings (SSSR count). The molecular formula is C47H28O. The molecule has 0 aliphatic heterocycles. The lowest BCUT2D eigenvalue weighted by molar-refractivity contribution is 0.669. The van der Waals surface area contributed by atoms with E-state index in [2.05, 4.69) is 158 Å². The Balaban J connectivity index is 1.18. The summed E-state index contributed by atoms with van der Waals surface area (Å²) >= 11 is 0. The first-order valence-electron chi connectivity index (χ1n) is 16.7. The van der Waals surface area contributed by atoms with Crippen LogP contribution in [0.3, 0.4) is 0 Å². The zero-order valence-corrected chi connectivity index (χ0v) is 26.1. The number of furan rings is 1. The zero-order chi connectivity index (χ0) is 31.4. The third-order valence-corrected chi connectivity index (χ3v) is 10.9. The summed E-state index contributed by atoms with van der Waals surface area (Å²) in [6.45, 7) is 0. The molecule has 2 aliphatic carbocycles. The maximum Gasteiger partial charge on any atom is 0.136 e. The zero-order valence-electron chi connectivity index (χ0n) is 26.1. The first-order chi connectivity index (χ1) is 23.8. The van der Waals surface area contributed by atoms with Gasteiger partial charge < -0.3 is 4.42 Å². The summed E-state index contributed by atoms with van der Waals surface area (Å²) < 4.78 is 6.27. The van der Waals surface area contributed by atoms with Crippen molar-refractivity contribution in [1.82, 2.24) is 0 Å². The van der Waals surface area contributed by atoms with Crippen molar-refractivity contribution in [2.24, 2.45) is 0 Å². The van der Waals surface area contributed by atoms with Gasteiger partial charge in [-0.15, -0.1) is 0 Å². The molecule has 222 valence electrons. The Hall–Kier alpha value is -6.18. The molecule has 0 saturated carbocycles. The quantitative estimate of drug-likeness (QED) is 0.190. The van der Waals surface area contributed by atoms with E-state index in [1.165, 1.54) is 72.0 Å². The van der Waals surface area contributed by atoms with Gasteiger partial charge in [0.15, 0.2) is 0 Å². The van der Waals surface area contributed by atoms with Crippen molar-refractivity contribution in [2.45, 2.75) is 5.41 Å². The fraction of sp³-hybridized carbons (Fsp3) is 0.0213. The summed E-state index contributed by atoms with van der Waals surface area (Å²) in [6, 6.07) is 62.6. The third-order valence-electron chi connectivity index (χ3n) is 10.9. The van der Waals surface area contributed by atoms with Gasteiger partial charge in [0, 0.05) is 10.8 Å². The Kier molecular flexibility index (Phi) is 5.10. The maximum atomic E-state index is 6.27. The Bertz CT molecular complexity index is 2740. The molecule has 0 radical (unpaired) electrons. The fourth-order valence-corrected chi connectivity index (χ4v) is 8.87. The second-order valence-corrected chi connectivity index (χ2v) is 13.2. The van der Waals surface area contributed by atoms with Gasteiger partial charge in [0.2, 0.25) is 0 Å². The van der Waals surface area contributed by atoms with Gasteiger partial charge in [0.1, 0.15) is 11.2 Å². The van der Waals surface area contributed by atoms with Gasteiger partial charge in [0.05, 0.1) is 5.41 Å². The van der Waals surface area contributed by atoms with E-state index in [9.17, 15) is 0 Å². The normalized spacial score (nSPS) is 13.6. The average Bonchev–Trinajstić information content (AvgIpc) is 3.78. The van der Waals surface area contributed by atoms with Crippen LogP contribution in [0, 0.1) is 0 Å². The average molecular weight is 609 g/mol. The van der Waals surface area contributed by atoms with E-state index in [0.29, 0.717) is 0 Å². The molecule has 0 unspecified atom stereocenters. The Labute approximate surface area is 278 Å². The highest BCUT2D eigenvalue weighted by Gasteiger charge is 2.52. The summed E-state index contributed by atoms with van der Waals surface area (Å²) in [5.74, 6) is 0. The van der Waals surface area contributed by atoms with Crippen molar-refractivity contribution in [3.8, 4) is 44.5 Å². The van der Waals surface area contributed by atoms with Gasteiger partial charge in [0.25, 0.3) is 0 Å². The highest BCUT2D eigenvalue weighted by Crippen LogP contribution is 2.64. The van der Waals surface area contributed by atoms with Crippen LogP contribution in [0.2, 0.25) is 0 Å². The molecule has 0 saturated heterocycles. The van der Waals surface area contributed by atoms with Crippen LogP contribution >= 0.6 is 0 Å². The van der Waals surface area contributed by atoms with Crippen LogP contribution in [0.1, 0.15) is 22.3 Å². The van der Waals surface area contributed by atoms with Crippen LogP contribution < -0.4 is 0 Å². The van der Waals surface area contributed by atoms with Gasteiger partial charge in [-0.05, 0) is 108 Å². The van der Waals surface area contributed by atoms with Crippen molar-refractivity contribution in [3.05, 3.63) is 192 Å². The first-order valence-corrected chi connectivity index (χ1v) is 16.7. The first kappa shape index (κ1) is 25.9. The molecular weight excluding hydrogens is 581 g/mol. The molecule has 1 spiro atoms. The summed E-state index contributed by atoms with van der Waals surface area (Å²) in [5, 5.41) is 4.85. The van der Waals surface area contributed by atoms with Gasteiger partial charge >= 0.3 is 0 Å². The second-order valence-electron chi connectivity index (χ2n) is 13.2. The molecule has 0 fully saturated rings. The molecule has 0 amide bonds. The largest absolute Gasteiger partial charge is 0.456 e. The molecule has 48 heavy (non-hydrogen) atoms. The van der Waals surface area contributed by atoms with Gasteiger partial charge in [-0.3, -0.25) is 0 Å². The number of para-hydroxylation sites is 1. The van der Waals surface area contributed by atoms with E-state index in [4.69, 9.17) is 4.42 Å². The van der Waals surface area contributed by atoms with E-state index in [-0.39, 0.29) is 0 Å². The molecule has 9 aromatic rings. The van der Waals surface area contributed by atoms with Gasteiger partial charge in [-0.1, -0.05) is 140 Å². The Morgan fingerprint density at radius 1 is 0.333 bits per heavy atom. The van der Waals surface area contributed by atoms with Crippen LogP contribution in [0.5, 0.6) is 0 Å². The van der Waals surface area contributed by atoms with Crippen molar-refractivity contribution in [1.29, 1.82) is 0 Å². The maximum absolute atomic E-state index is 6.27. The summed E-state index contributed by atoms with van der Waals surface area (Å²) in [4.78, 5) is 0. The smallest absolute Gasteiger partial charge is 0.136 e. The van der Waals surface area contributed by atoms with E-state index >= 15 is 0 Å². The van der Waals surface area contributed by atoms with E-state index in [1.807, 2.05) is 12.1 Å². The van der Waals surface area contributed by atoms with Crippen molar-refractivity contribution < 1.29 is 4.42 Å². The lowest BCUT2D eigenvalue weighted by atomic mass is 9.69. The number of benzene rings is 8. The molecule has 2 aliphatic rings. The Morgan fingerprint density at radius 3 is 1.73 bits per heavy atom. The van der Waals surface area contributed by atoms with Crippen molar-refractivity contribution in [3.63, 3.8) is 0 Å². The monoisotopic (exact) mass is 608 g/mol. The highest BCUT2D eigenvalue weighted by atomic mass is 16.3. The summed E-state index contributed by atoms with van der Waals surface area (Å²) in [5.41, 5.74) is 17.0. The minimum Gasteiger partial charge on any atom is -0.456 e. The number of rotatable bonds is 2. The number of fused-ring (bicyclic) bond motifs is 15. The van der Waals surface area contributed by atoms with E-state index < -0.39 is 5.41 Å². The van der Waals surface area contributed by atoms with Crippen LogP contribution in [0.4, 0.5) is 0 Å². The van der Waals surface area contributed by atoms with Crippen LogP contribution in [0.15, 0.2) is 174 Å². The Morgan fingerprint density at radius 2 is 0.917 bits per heavy atom. The van der Waals surface area contributed by atoms with Crippen LogP contribution in [-0.4, -0.2) is 0 Å². The molecule has 8 aromatic carbocycles. The highest BCUT2D eigenvalue weighted by molar-refractivity contribution is 6.07. The fourth-order valence-electron chi connectivity index (χ4n) is 8.87. The molecule has 1 heterocycles. The van der Waals surface area contributed by atoms with Crippen molar-refractivity contribution in [2.75, 3.05) is 0 Å². The summed E-state index contributed by atoms with van der Waals surface area (Å²) in [7, 11) is 0. The topological polar surface area (TPSA) is 13.1 Å². The molecule has 1 nitrogen and oxygen atoms in total. The second kappa shape index (κ2) is 9.44. The third kappa shape index (κ3) is 3.30. The predicted molar refractivity (Wildman–Crippen MR) is 198 cm³/mol. The van der Waals surface area contributed by atoms with Gasteiger partial charge in [-0.2, -0.15) is 0 Å². The van der Waals surface area contributed by atoms with Crippen LogP contribution in [-0.2, 0) is 5.41 Å². The number of hydrogen-bond acceptors (Lipinski definition) is 1. The lowest BCUT2D eigenvalue weighted by Crippen LogP contribution is -2.26. The summed E-state index contributed by atoms with van der Waals surface area (Å²) in [6.07, 6.45) is 0. The molecule has 0 bridgehead atoms. The van der Waals surface area contributed by atoms with Gasteiger partial charge in [-0.25, -0.2) is 0 Å². The minimum atomic E-state index is -0.420. The standard InChI is InChI=1S/C47H28O/c1-2-10-29(11-3-1)31-19-23-37-40-25-21-33-26-30(32-20-24-39-38-14-6-9-17-44(38)48-45(39)28-32)18-22-34(33)46(40)47(43(37)27-31)41-15-7-4-12-35(41)36-13-5-8-16-42(36)47/h1-28H. The van der Waals surface area contributed by atoms with E-state index in [1.54, 1.807) is 0 Å². The molecule has 0 N–H and O–H groups in total. The predicted octanol–water partition coefficient (Wildman–Crippen LogP) is 12.4. The lowest BCUT2D eigenvalue weighted by Gasteiger charge is -2.31.